The van der Waals surface area contributed by atoms with Crippen molar-refractivity contribution >= 4 is 11.8 Å². The summed E-state index contributed by atoms with van der Waals surface area (Å²) in [6.07, 6.45) is 3.29. The Labute approximate surface area is 74.7 Å². The third-order valence-electron chi connectivity index (χ3n) is 1.36. The van der Waals surface area contributed by atoms with Gasteiger partial charge in [0.05, 0.1) is 12.9 Å². The van der Waals surface area contributed by atoms with Crippen LogP contribution < -0.4 is 10.2 Å². The molecule has 1 aromatic rings. The molecular weight excluding hydrogens is 176 g/mol. The Balaban J connectivity index is 2.94. The lowest BCUT2D eigenvalue weighted by Crippen LogP contribution is -2.04. The van der Waals surface area contributed by atoms with Crippen molar-refractivity contribution in [1.82, 2.24) is 0 Å². The number of hydrogen-bond donors (Lipinski definition) is 0. The van der Waals surface area contributed by atoms with Crippen molar-refractivity contribution < 1.29 is 9.15 Å². The van der Waals surface area contributed by atoms with Gasteiger partial charge < -0.3 is 9.15 Å². The van der Waals surface area contributed by atoms with Gasteiger partial charge in [-0.25, -0.2) is 0 Å². The van der Waals surface area contributed by atoms with E-state index in [1.807, 2.05) is 6.26 Å². The first-order chi connectivity index (χ1) is 5.77. The molecule has 0 unspecified atom stereocenters. The van der Waals surface area contributed by atoms with Crippen LogP contribution in [0.2, 0.25) is 0 Å². The third kappa shape index (κ3) is 2.04. The zero-order chi connectivity index (χ0) is 8.97. The molecule has 0 aliphatic rings. The molecule has 0 saturated heterocycles. The van der Waals surface area contributed by atoms with Crippen molar-refractivity contribution in [2.45, 2.75) is 5.75 Å². The van der Waals surface area contributed by atoms with Gasteiger partial charge in [-0.2, -0.15) is 11.8 Å². The van der Waals surface area contributed by atoms with E-state index in [-0.39, 0.29) is 11.2 Å². The van der Waals surface area contributed by atoms with Crippen LogP contribution in [0.3, 0.4) is 0 Å². The smallest absolute Gasteiger partial charge is 0.227 e. The largest absolute Gasteiger partial charge is 0.490 e. The fourth-order valence-corrected chi connectivity index (χ4v) is 1.24. The second-order valence-electron chi connectivity index (χ2n) is 2.21. The van der Waals surface area contributed by atoms with Gasteiger partial charge >= 0.3 is 0 Å². The number of ether oxygens (including phenoxy) is 1. The van der Waals surface area contributed by atoms with Crippen molar-refractivity contribution in [1.29, 1.82) is 0 Å². The number of hydrogen-bond acceptors (Lipinski definition) is 4. The Morgan fingerprint density at radius 1 is 1.67 bits per heavy atom. The van der Waals surface area contributed by atoms with E-state index < -0.39 is 0 Å². The summed E-state index contributed by atoms with van der Waals surface area (Å²) < 4.78 is 9.89. The van der Waals surface area contributed by atoms with E-state index >= 15 is 0 Å². The molecule has 12 heavy (non-hydrogen) atoms. The molecule has 0 atom stereocenters. The fraction of sp³-hybridized carbons (Fsp3) is 0.375. The van der Waals surface area contributed by atoms with Crippen molar-refractivity contribution in [3.05, 3.63) is 28.3 Å². The Morgan fingerprint density at radius 3 is 2.92 bits per heavy atom. The van der Waals surface area contributed by atoms with Crippen LogP contribution in [0.5, 0.6) is 5.75 Å². The lowest BCUT2D eigenvalue weighted by Gasteiger charge is -1.99. The van der Waals surface area contributed by atoms with Crippen LogP contribution in [0.15, 0.2) is 21.5 Å². The Hall–Kier alpha value is -0.900. The van der Waals surface area contributed by atoms with Gasteiger partial charge in [-0.05, 0) is 6.26 Å². The van der Waals surface area contributed by atoms with Gasteiger partial charge in [0, 0.05) is 6.07 Å². The van der Waals surface area contributed by atoms with E-state index in [9.17, 15) is 4.79 Å². The average molecular weight is 186 g/mol. The average Bonchev–Trinajstić information content (AvgIpc) is 2.05. The predicted octanol–water partition coefficient (Wildman–Crippen LogP) is 1.51. The second kappa shape index (κ2) is 4.21. The lowest BCUT2D eigenvalue weighted by molar-refractivity contribution is 0.381. The summed E-state index contributed by atoms with van der Waals surface area (Å²) in [7, 11) is 1.44. The molecule has 0 spiro atoms. The Kier molecular flexibility index (Phi) is 3.22. The van der Waals surface area contributed by atoms with Crippen molar-refractivity contribution in [3.63, 3.8) is 0 Å². The summed E-state index contributed by atoms with van der Waals surface area (Å²) in [6.45, 7) is 0. The summed E-state index contributed by atoms with van der Waals surface area (Å²) in [5.74, 6) is 1.63. The van der Waals surface area contributed by atoms with Gasteiger partial charge in [0.1, 0.15) is 12.0 Å². The minimum absolute atomic E-state index is 0.132. The molecule has 0 amide bonds. The monoisotopic (exact) mass is 186 g/mol. The zero-order valence-corrected chi connectivity index (χ0v) is 7.81. The Morgan fingerprint density at radius 2 is 2.42 bits per heavy atom. The molecular formula is C8H10O3S. The molecule has 0 radical (unpaired) electrons. The van der Waals surface area contributed by atoms with Crippen LogP contribution >= 0.6 is 11.8 Å². The standard InChI is InChI=1S/C8H10O3S/c1-10-8-4-11-6(5-12-2)3-7(8)9/h3-4H,5H2,1-2H3. The number of thioether (sulfide) groups is 1. The maximum absolute atomic E-state index is 11.2. The molecule has 0 aromatic carbocycles. The van der Waals surface area contributed by atoms with Crippen molar-refractivity contribution in [2.75, 3.05) is 13.4 Å². The minimum Gasteiger partial charge on any atom is -0.490 e. The first-order valence-electron chi connectivity index (χ1n) is 3.42. The maximum atomic E-state index is 11.2. The van der Waals surface area contributed by atoms with E-state index in [4.69, 9.17) is 9.15 Å². The van der Waals surface area contributed by atoms with Crippen LogP contribution in [-0.4, -0.2) is 13.4 Å². The Bertz CT molecular complexity index is 305. The number of methoxy groups -OCH3 is 1. The highest BCUT2D eigenvalue weighted by Crippen LogP contribution is 2.09. The maximum Gasteiger partial charge on any atom is 0.227 e. The third-order valence-corrected chi connectivity index (χ3v) is 1.93. The predicted molar refractivity (Wildman–Crippen MR) is 48.7 cm³/mol. The molecule has 0 saturated carbocycles. The summed E-state index contributed by atoms with van der Waals surface area (Å²) in [4.78, 5) is 11.2. The topological polar surface area (TPSA) is 39.4 Å². The van der Waals surface area contributed by atoms with Crippen LogP contribution in [0, 0.1) is 0 Å². The molecule has 0 aliphatic heterocycles. The number of rotatable bonds is 3. The van der Waals surface area contributed by atoms with E-state index in [1.54, 1.807) is 11.8 Å². The van der Waals surface area contributed by atoms with Gasteiger partial charge in [0.15, 0.2) is 0 Å². The highest BCUT2D eigenvalue weighted by molar-refractivity contribution is 7.97. The molecule has 1 rings (SSSR count). The summed E-state index contributed by atoms with van der Waals surface area (Å²) in [5, 5.41) is 0. The highest BCUT2D eigenvalue weighted by Gasteiger charge is 2.01. The van der Waals surface area contributed by atoms with Gasteiger partial charge in [-0.1, -0.05) is 0 Å². The molecule has 3 nitrogen and oxygen atoms in total. The summed E-state index contributed by atoms with van der Waals surface area (Å²) in [6, 6.07) is 1.45. The highest BCUT2D eigenvalue weighted by atomic mass is 32.2. The van der Waals surface area contributed by atoms with Gasteiger partial charge in [-0.15, -0.1) is 0 Å². The molecule has 0 bridgehead atoms. The molecule has 66 valence electrons. The fourth-order valence-electron chi connectivity index (χ4n) is 0.805. The van der Waals surface area contributed by atoms with Gasteiger partial charge in [0.2, 0.25) is 11.2 Å². The van der Waals surface area contributed by atoms with E-state index in [2.05, 4.69) is 0 Å². The lowest BCUT2D eigenvalue weighted by atomic mass is 10.4. The normalized spacial score (nSPS) is 9.83. The van der Waals surface area contributed by atoms with Crippen molar-refractivity contribution in [2.24, 2.45) is 0 Å². The summed E-state index contributed by atoms with van der Waals surface area (Å²) >= 11 is 1.60. The first kappa shape index (κ1) is 9.19. The SMILES string of the molecule is COc1coc(CSC)cc1=O. The first-order valence-corrected chi connectivity index (χ1v) is 4.82. The molecule has 0 aliphatic carbocycles. The molecule has 1 heterocycles. The quantitative estimate of drug-likeness (QED) is 0.717. The van der Waals surface area contributed by atoms with E-state index in [1.165, 1.54) is 19.4 Å². The van der Waals surface area contributed by atoms with Gasteiger partial charge in [-0.3, -0.25) is 4.79 Å². The van der Waals surface area contributed by atoms with Crippen molar-refractivity contribution in [3.8, 4) is 5.75 Å². The zero-order valence-electron chi connectivity index (χ0n) is 6.99. The van der Waals surface area contributed by atoms with Gasteiger partial charge in [0.25, 0.3) is 0 Å². The molecule has 4 heteroatoms. The van der Waals surface area contributed by atoms with Crippen LogP contribution in [0.1, 0.15) is 5.76 Å². The summed E-state index contributed by atoms with van der Waals surface area (Å²) in [5.41, 5.74) is -0.132. The molecule has 1 aromatic heterocycles. The molecule has 0 N–H and O–H groups in total. The van der Waals surface area contributed by atoms with E-state index in [0.717, 1.165) is 0 Å². The van der Waals surface area contributed by atoms with Crippen LogP contribution in [0.4, 0.5) is 0 Å². The van der Waals surface area contributed by atoms with Crippen LogP contribution in [0.25, 0.3) is 0 Å². The second-order valence-corrected chi connectivity index (χ2v) is 3.08. The minimum atomic E-state index is -0.132. The molecule has 0 fully saturated rings. The van der Waals surface area contributed by atoms with E-state index in [0.29, 0.717) is 11.5 Å². The van der Waals surface area contributed by atoms with Crippen LogP contribution in [-0.2, 0) is 5.75 Å².